The molecule has 0 spiro atoms. The van der Waals surface area contributed by atoms with Gasteiger partial charge in [0.05, 0.1) is 0 Å². The SMILES string of the molecule is Cc1ccc(C(=O)Nc2cc(C(=O)NCCc3ccccc3)cc(-c3ccc(C(=O)NO)cc3)c2)cc1. The van der Waals surface area contributed by atoms with Crippen molar-refractivity contribution in [3.05, 3.63) is 125 Å². The van der Waals surface area contributed by atoms with Crippen LogP contribution in [0.15, 0.2) is 97.1 Å². The van der Waals surface area contributed by atoms with Crippen LogP contribution in [0.1, 0.15) is 42.2 Å². The Morgan fingerprint density at radius 3 is 2.00 bits per heavy atom. The number of carbonyl (C=O) groups is 3. The molecule has 37 heavy (non-hydrogen) atoms. The third-order valence-corrected chi connectivity index (χ3v) is 5.89. The van der Waals surface area contributed by atoms with Crippen LogP contribution in [0.2, 0.25) is 0 Å². The molecule has 0 heterocycles. The van der Waals surface area contributed by atoms with Gasteiger partial charge in [0, 0.05) is 28.9 Å². The summed E-state index contributed by atoms with van der Waals surface area (Å²) >= 11 is 0. The third-order valence-electron chi connectivity index (χ3n) is 5.89. The van der Waals surface area contributed by atoms with Crippen molar-refractivity contribution in [2.75, 3.05) is 11.9 Å². The highest BCUT2D eigenvalue weighted by atomic mass is 16.5. The lowest BCUT2D eigenvalue weighted by Gasteiger charge is -2.13. The lowest BCUT2D eigenvalue weighted by atomic mass is 10.00. The van der Waals surface area contributed by atoms with Crippen LogP contribution in [0, 0.1) is 6.92 Å². The van der Waals surface area contributed by atoms with Crippen molar-refractivity contribution in [2.24, 2.45) is 0 Å². The van der Waals surface area contributed by atoms with Gasteiger partial charge >= 0.3 is 0 Å². The summed E-state index contributed by atoms with van der Waals surface area (Å²) in [5.41, 5.74) is 6.84. The minimum atomic E-state index is -0.621. The van der Waals surface area contributed by atoms with Crippen molar-refractivity contribution < 1.29 is 19.6 Å². The molecule has 186 valence electrons. The largest absolute Gasteiger partial charge is 0.352 e. The molecule has 0 radical (unpaired) electrons. The van der Waals surface area contributed by atoms with Gasteiger partial charge in [-0.15, -0.1) is 0 Å². The molecule has 0 aliphatic heterocycles. The van der Waals surface area contributed by atoms with Crippen molar-refractivity contribution in [2.45, 2.75) is 13.3 Å². The first-order valence-electron chi connectivity index (χ1n) is 11.8. The summed E-state index contributed by atoms with van der Waals surface area (Å²) < 4.78 is 0. The standard InChI is InChI=1S/C30H27N3O4/c1-20-7-9-23(10-8-20)29(35)32-27-18-25(22-11-13-24(14-12-22)30(36)33-37)17-26(19-27)28(34)31-16-15-21-5-3-2-4-6-21/h2-14,17-19,37H,15-16H2,1H3,(H,31,34)(H,32,35)(H,33,36). The minimum Gasteiger partial charge on any atom is -0.352 e. The Morgan fingerprint density at radius 1 is 0.676 bits per heavy atom. The highest BCUT2D eigenvalue weighted by Gasteiger charge is 2.13. The Kier molecular flexibility index (Phi) is 8.08. The molecule has 4 N–H and O–H groups in total. The molecule has 0 aromatic heterocycles. The molecule has 4 aromatic carbocycles. The molecule has 4 aromatic rings. The van der Waals surface area contributed by atoms with Gasteiger partial charge in [-0.1, -0.05) is 60.2 Å². The molecular weight excluding hydrogens is 466 g/mol. The number of nitrogens with one attached hydrogen (secondary N) is 3. The number of carbonyl (C=O) groups excluding carboxylic acids is 3. The molecule has 0 saturated heterocycles. The van der Waals surface area contributed by atoms with Crippen molar-refractivity contribution in [1.29, 1.82) is 0 Å². The molecule has 7 heteroatoms. The molecule has 0 atom stereocenters. The van der Waals surface area contributed by atoms with Crippen LogP contribution < -0.4 is 16.1 Å². The van der Waals surface area contributed by atoms with Gasteiger partial charge in [0.2, 0.25) is 0 Å². The first-order valence-corrected chi connectivity index (χ1v) is 11.8. The maximum absolute atomic E-state index is 13.0. The van der Waals surface area contributed by atoms with Gasteiger partial charge in [-0.2, -0.15) is 0 Å². The average molecular weight is 494 g/mol. The topological polar surface area (TPSA) is 108 Å². The molecule has 0 aliphatic rings. The van der Waals surface area contributed by atoms with Crippen molar-refractivity contribution >= 4 is 23.4 Å². The predicted molar refractivity (Wildman–Crippen MR) is 143 cm³/mol. The number of anilines is 1. The van der Waals surface area contributed by atoms with E-state index in [9.17, 15) is 14.4 Å². The first kappa shape index (κ1) is 25.3. The Balaban J connectivity index is 1.59. The minimum absolute atomic E-state index is 0.264. The second-order valence-corrected chi connectivity index (χ2v) is 8.63. The average Bonchev–Trinajstić information content (AvgIpc) is 2.93. The summed E-state index contributed by atoms with van der Waals surface area (Å²) in [7, 11) is 0. The fourth-order valence-electron chi connectivity index (χ4n) is 3.85. The van der Waals surface area contributed by atoms with Crippen molar-refractivity contribution in [3.8, 4) is 11.1 Å². The van der Waals surface area contributed by atoms with Crippen LogP contribution in [0.4, 0.5) is 5.69 Å². The Hall–Kier alpha value is -4.75. The van der Waals surface area contributed by atoms with E-state index in [2.05, 4.69) is 10.6 Å². The Bertz CT molecular complexity index is 1400. The Labute approximate surface area is 215 Å². The van der Waals surface area contributed by atoms with E-state index in [0.29, 0.717) is 35.3 Å². The molecular formula is C30H27N3O4. The summed E-state index contributed by atoms with van der Waals surface area (Å²) in [4.78, 5) is 37.6. The van der Waals surface area contributed by atoms with Crippen molar-refractivity contribution in [1.82, 2.24) is 10.8 Å². The zero-order valence-electron chi connectivity index (χ0n) is 20.3. The summed E-state index contributed by atoms with van der Waals surface area (Å²) in [5.74, 6) is -1.17. The summed E-state index contributed by atoms with van der Waals surface area (Å²) in [6, 6.07) is 28.8. The molecule has 0 aliphatic carbocycles. The number of aryl methyl sites for hydroxylation is 1. The highest BCUT2D eigenvalue weighted by molar-refractivity contribution is 6.06. The molecule has 0 bridgehead atoms. The summed E-state index contributed by atoms with van der Waals surface area (Å²) in [6.45, 7) is 2.41. The smallest absolute Gasteiger partial charge is 0.274 e. The summed E-state index contributed by atoms with van der Waals surface area (Å²) in [6.07, 6.45) is 0.692. The van der Waals surface area contributed by atoms with E-state index in [0.717, 1.165) is 16.7 Å². The zero-order chi connectivity index (χ0) is 26.2. The summed E-state index contributed by atoms with van der Waals surface area (Å²) in [5, 5.41) is 14.7. The number of rotatable bonds is 8. The molecule has 3 amide bonds. The van der Waals surface area contributed by atoms with Crippen LogP contribution >= 0.6 is 0 Å². The maximum Gasteiger partial charge on any atom is 0.274 e. The van der Waals surface area contributed by atoms with Crippen LogP contribution in [0.25, 0.3) is 11.1 Å². The maximum atomic E-state index is 13.0. The van der Waals surface area contributed by atoms with Crippen LogP contribution in [0.3, 0.4) is 0 Å². The van der Waals surface area contributed by atoms with Gasteiger partial charge in [0.15, 0.2) is 0 Å². The number of hydroxylamine groups is 1. The quantitative estimate of drug-likeness (QED) is 0.205. The van der Waals surface area contributed by atoms with Crippen LogP contribution in [-0.2, 0) is 6.42 Å². The Morgan fingerprint density at radius 2 is 1.32 bits per heavy atom. The zero-order valence-corrected chi connectivity index (χ0v) is 20.3. The number of hydrogen-bond acceptors (Lipinski definition) is 4. The van der Waals surface area contributed by atoms with E-state index >= 15 is 0 Å². The van der Waals surface area contributed by atoms with E-state index in [4.69, 9.17) is 5.21 Å². The van der Waals surface area contributed by atoms with E-state index in [1.54, 1.807) is 60.1 Å². The van der Waals surface area contributed by atoms with Crippen molar-refractivity contribution in [3.63, 3.8) is 0 Å². The highest BCUT2D eigenvalue weighted by Crippen LogP contribution is 2.26. The predicted octanol–water partition coefficient (Wildman–Crippen LogP) is 5.01. The molecule has 0 saturated carbocycles. The molecule has 7 nitrogen and oxygen atoms in total. The van der Waals surface area contributed by atoms with E-state index < -0.39 is 5.91 Å². The van der Waals surface area contributed by atoms with E-state index in [1.807, 2.05) is 49.4 Å². The lowest BCUT2D eigenvalue weighted by molar-refractivity contribution is 0.0706. The fraction of sp³-hybridized carbons (Fsp3) is 0.100. The van der Waals surface area contributed by atoms with E-state index in [1.165, 1.54) is 0 Å². The van der Waals surface area contributed by atoms with Gasteiger partial charge in [0.1, 0.15) is 0 Å². The first-order chi connectivity index (χ1) is 17.9. The van der Waals surface area contributed by atoms with Gasteiger partial charge in [0.25, 0.3) is 17.7 Å². The fourth-order valence-corrected chi connectivity index (χ4v) is 3.85. The van der Waals surface area contributed by atoms with E-state index in [-0.39, 0.29) is 17.4 Å². The molecule has 0 unspecified atom stereocenters. The van der Waals surface area contributed by atoms with Gasteiger partial charge in [-0.3, -0.25) is 19.6 Å². The number of hydrogen-bond donors (Lipinski definition) is 4. The number of amides is 3. The number of benzene rings is 4. The second kappa shape index (κ2) is 11.8. The molecule has 4 rings (SSSR count). The second-order valence-electron chi connectivity index (χ2n) is 8.63. The molecule has 0 fully saturated rings. The van der Waals surface area contributed by atoms with Crippen LogP contribution in [-0.4, -0.2) is 29.5 Å². The third kappa shape index (κ3) is 6.68. The van der Waals surface area contributed by atoms with Crippen LogP contribution in [0.5, 0.6) is 0 Å². The normalized spacial score (nSPS) is 10.4. The lowest BCUT2D eigenvalue weighted by Crippen LogP contribution is -2.26. The monoisotopic (exact) mass is 493 g/mol. The van der Waals surface area contributed by atoms with Gasteiger partial charge < -0.3 is 10.6 Å². The van der Waals surface area contributed by atoms with Gasteiger partial charge in [-0.05, 0) is 72.5 Å². The van der Waals surface area contributed by atoms with Gasteiger partial charge in [-0.25, -0.2) is 5.48 Å².